The van der Waals surface area contributed by atoms with E-state index in [1.165, 1.54) is 0 Å². The number of nitrogens with one attached hydrogen (secondary N) is 3. The van der Waals surface area contributed by atoms with Gasteiger partial charge in [0.15, 0.2) is 5.13 Å². The number of benzene rings is 1. The summed E-state index contributed by atoms with van der Waals surface area (Å²) in [6.07, 6.45) is -1.06. The molecule has 0 spiro atoms. The summed E-state index contributed by atoms with van der Waals surface area (Å²) in [7, 11) is 0. The van der Waals surface area contributed by atoms with Gasteiger partial charge in [-0.2, -0.15) is 4.98 Å². The van der Waals surface area contributed by atoms with Gasteiger partial charge < -0.3 is 25.8 Å². The Morgan fingerprint density at radius 2 is 2.03 bits per heavy atom. The third-order valence-electron chi connectivity index (χ3n) is 4.54. The largest absolute Gasteiger partial charge is 0.465 e. The fourth-order valence-electron chi connectivity index (χ4n) is 3.12. The molecule has 4 rings (SSSR count). The first-order chi connectivity index (χ1) is 15.0. The van der Waals surface area contributed by atoms with Crippen LogP contribution in [0, 0.1) is 0 Å². The van der Waals surface area contributed by atoms with Crippen molar-refractivity contribution < 1.29 is 14.6 Å². The smallest absolute Gasteiger partial charge is 0.404 e. The number of ether oxygens (including phenoxy) is 1. The molecule has 3 heterocycles. The Balaban J connectivity index is 1.52. The summed E-state index contributed by atoms with van der Waals surface area (Å²) < 4.78 is 7.49. The zero-order valence-electron chi connectivity index (χ0n) is 16.6. The molecule has 1 amide bonds. The Labute approximate surface area is 191 Å². The maximum Gasteiger partial charge on any atom is 0.404 e. The average Bonchev–Trinajstić information content (AvgIpc) is 3.13. The lowest BCUT2D eigenvalue weighted by atomic mass is 10.3. The first-order valence-corrected chi connectivity index (χ1v) is 11.4. The predicted molar refractivity (Wildman–Crippen MR) is 123 cm³/mol. The molecule has 1 aliphatic heterocycles. The number of hydrogen-bond acceptors (Lipinski definition) is 9. The molecular weight excluding hydrogens is 486 g/mol. The number of carboxylic acid groups (broad SMARTS) is 1. The number of anilines is 3. The minimum Gasteiger partial charge on any atom is -0.465 e. The topological polar surface area (TPSA) is 125 Å². The van der Waals surface area contributed by atoms with Crippen LogP contribution in [0.3, 0.4) is 0 Å². The van der Waals surface area contributed by atoms with E-state index < -0.39 is 6.09 Å². The van der Waals surface area contributed by atoms with Crippen molar-refractivity contribution in [1.82, 2.24) is 25.2 Å². The number of halogens is 1. The van der Waals surface area contributed by atoms with Gasteiger partial charge in [-0.25, -0.2) is 14.8 Å². The van der Waals surface area contributed by atoms with Gasteiger partial charge in [0.1, 0.15) is 5.82 Å². The highest BCUT2D eigenvalue weighted by Crippen LogP contribution is 2.30. The molecule has 0 saturated carbocycles. The van der Waals surface area contributed by atoms with Crippen molar-refractivity contribution >= 4 is 60.5 Å². The summed E-state index contributed by atoms with van der Waals surface area (Å²) in [6, 6.07) is 7.88. The molecule has 0 atom stereocenters. The maximum atomic E-state index is 10.6. The monoisotopic (exact) mass is 507 g/mol. The molecule has 1 aromatic carbocycles. The van der Waals surface area contributed by atoms with Gasteiger partial charge in [0.05, 0.1) is 29.1 Å². The fourth-order valence-corrected chi connectivity index (χ4v) is 4.54. The Morgan fingerprint density at radius 1 is 1.19 bits per heavy atom. The van der Waals surface area contributed by atoms with Gasteiger partial charge in [0.2, 0.25) is 5.95 Å². The van der Waals surface area contributed by atoms with Gasteiger partial charge in [-0.15, -0.1) is 0 Å². The standard InChI is InChI=1S/C19H22BrN7O3S/c20-12-1-2-14-15(9-12)31-18(24-14)26-16-10-13(11-27-5-7-30-8-6-27)23-17(25-16)21-3-4-22-19(28)29/h1-2,9-10,22H,3-8,11H2,(H,28,29)(H2,21,23,24,25,26). The molecule has 4 N–H and O–H groups in total. The number of hydrogen-bond donors (Lipinski definition) is 4. The van der Waals surface area contributed by atoms with E-state index in [0.29, 0.717) is 38.1 Å². The number of amides is 1. The molecule has 0 bridgehead atoms. The summed E-state index contributed by atoms with van der Waals surface area (Å²) in [6.45, 7) is 4.43. The van der Waals surface area contributed by atoms with E-state index >= 15 is 0 Å². The molecule has 2 aromatic heterocycles. The number of morpholine rings is 1. The SMILES string of the molecule is O=C(O)NCCNc1nc(CN2CCOCC2)cc(Nc2nc3ccc(Br)cc3s2)n1. The average molecular weight is 508 g/mol. The highest BCUT2D eigenvalue weighted by Gasteiger charge is 2.14. The molecule has 1 aliphatic rings. The van der Waals surface area contributed by atoms with Gasteiger partial charge in [-0.3, -0.25) is 4.90 Å². The normalized spacial score (nSPS) is 14.5. The third kappa shape index (κ3) is 6.23. The zero-order valence-corrected chi connectivity index (χ0v) is 19.0. The third-order valence-corrected chi connectivity index (χ3v) is 5.97. The summed E-state index contributed by atoms with van der Waals surface area (Å²) >= 11 is 5.03. The number of aromatic nitrogens is 3. The van der Waals surface area contributed by atoms with E-state index in [9.17, 15) is 4.79 Å². The van der Waals surface area contributed by atoms with E-state index in [2.05, 4.69) is 51.7 Å². The van der Waals surface area contributed by atoms with E-state index in [1.54, 1.807) is 11.3 Å². The van der Waals surface area contributed by atoms with Crippen LogP contribution >= 0.6 is 27.3 Å². The highest BCUT2D eigenvalue weighted by atomic mass is 79.9. The maximum absolute atomic E-state index is 10.6. The lowest BCUT2D eigenvalue weighted by molar-refractivity contribution is 0.0336. The quantitative estimate of drug-likeness (QED) is 0.340. The van der Waals surface area contributed by atoms with Crippen LogP contribution < -0.4 is 16.0 Å². The van der Waals surface area contributed by atoms with Crippen LogP contribution in [0.5, 0.6) is 0 Å². The van der Waals surface area contributed by atoms with Crippen LogP contribution in [-0.2, 0) is 11.3 Å². The van der Waals surface area contributed by atoms with Gasteiger partial charge in [0, 0.05) is 43.3 Å². The first-order valence-electron chi connectivity index (χ1n) is 9.77. The Morgan fingerprint density at radius 3 is 2.84 bits per heavy atom. The highest BCUT2D eigenvalue weighted by molar-refractivity contribution is 9.10. The van der Waals surface area contributed by atoms with Crippen molar-refractivity contribution in [2.45, 2.75) is 6.54 Å². The number of carbonyl (C=O) groups is 1. The lowest BCUT2D eigenvalue weighted by Crippen LogP contribution is -2.36. The molecular formula is C19H22BrN7O3S. The fraction of sp³-hybridized carbons (Fsp3) is 0.368. The van der Waals surface area contributed by atoms with Crippen molar-refractivity contribution in [2.75, 3.05) is 50.0 Å². The summed E-state index contributed by atoms with van der Waals surface area (Å²) in [5, 5.41) is 18.1. The van der Waals surface area contributed by atoms with Crippen LogP contribution in [-0.4, -0.2) is 70.4 Å². The number of nitrogens with zero attached hydrogens (tertiary/aromatic N) is 4. The minimum absolute atomic E-state index is 0.252. The molecule has 164 valence electrons. The summed E-state index contributed by atoms with van der Waals surface area (Å²) in [4.78, 5) is 26.7. The molecule has 12 heteroatoms. The van der Waals surface area contributed by atoms with Crippen LogP contribution in [0.1, 0.15) is 5.69 Å². The number of thiazole rings is 1. The molecule has 10 nitrogen and oxygen atoms in total. The molecule has 31 heavy (non-hydrogen) atoms. The van der Waals surface area contributed by atoms with Crippen molar-refractivity contribution in [3.05, 3.63) is 34.4 Å². The van der Waals surface area contributed by atoms with Crippen molar-refractivity contribution in [3.63, 3.8) is 0 Å². The number of rotatable bonds is 8. The van der Waals surface area contributed by atoms with Crippen molar-refractivity contribution in [1.29, 1.82) is 0 Å². The van der Waals surface area contributed by atoms with Gasteiger partial charge >= 0.3 is 6.09 Å². The van der Waals surface area contributed by atoms with Crippen molar-refractivity contribution in [2.24, 2.45) is 0 Å². The van der Waals surface area contributed by atoms with Crippen LogP contribution in [0.4, 0.5) is 21.7 Å². The molecule has 0 radical (unpaired) electrons. The molecule has 0 unspecified atom stereocenters. The van der Waals surface area contributed by atoms with E-state index in [1.807, 2.05) is 24.3 Å². The summed E-state index contributed by atoms with van der Waals surface area (Å²) in [5.74, 6) is 1.06. The second-order valence-corrected chi connectivity index (χ2v) is 8.82. The minimum atomic E-state index is -1.06. The molecule has 3 aromatic rings. The molecule has 1 fully saturated rings. The first kappa shape index (κ1) is 21.7. The molecule has 1 saturated heterocycles. The van der Waals surface area contributed by atoms with Gasteiger partial charge in [0.25, 0.3) is 0 Å². The second kappa shape index (κ2) is 10.2. The molecule has 0 aliphatic carbocycles. The van der Waals surface area contributed by atoms with E-state index in [-0.39, 0.29) is 6.54 Å². The van der Waals surface area contributed by atoms with Crippen molar-refractivity contribution in [3.8, 4) is 0 Å². The van der Waals surface area contributed by atoms with Crippen LogP contribution in [0.2, 0.25) is 0 Å². The number of fused-ring (bicyclic) bond motifs is 1. The van der Waals surface area contributed by atoms with E-state index in [0.717, 1.165) is 38.6 Å². The van der Waals surface area contributed by atoms with E-state index in [4.69, 9.17) is 9.84 Å². The lowest BCUT2D eigenvalue weighted by Gasteiger charge is -2.26. The Hall–Kier alpha value is -2.54. The predicted octanol–water partition coefficient (Wildman–Crippen LogP) is 3.10. The second-order valence-electron chi connectivity index (χ2n) is 6.87. The summed E-state index contributed by atoms with van der Waals surface area (Å²) in [5.41, 5.74) is 1.77. The zero-order chi connectivity index (χ0) is 21.6. The Bertz CT molecular complexity index is 1060. The van der Waals surface area contributed by atoms with Gasteiger partial charge in [-0.05, 0) is 18.2 Å². The van der Waals surface area contributed by atoms with Crippen LogP contribution in [0.15, 0.2) is 28.7 Å². The van der Waals surface area contributed by atoms with Crippen LogP contribution in [0.25, 0.3) is 10.2 Å². The Kier molecular flexibility index (Phi) is 7.12. The van der Waals surface area contributed by atoms with Gasteiger partial charge in [-0.1, -0.05) is 27.3 Å².